The second-order valence-electron chi connectivity index (χ2n) is 8.45. The second-order valence-corrected chi connectivity index (χ2v) is 10.8. The van der Waals surface area contributed by atoms with Crippen molar-refractivity contribution in [1.29, 1.82) is 0 Å². The fourth-order valence-corrected chi connectivity index (χ4v) is 5.16. The van der Waals surface area contributed by atoms with Crippen molar-refractivity contribution in [2.24, 2.45) is 0 Å². The van der Waals surface area contributed by atoms with Crippen LogP contribution >= 0.6 is 11.6 Å². The second kappa shape index (κ2) is 14.1. The highest BCUT2D eigenvalue weighted by atomic mass is 35.5. The molecule has 1 N–H and O–H groups in total. The summed E-state index contributed by atoms with van der Waals surface area (Å²) in [6.07, 6.45) is 1.85. The van der Waals surface area contributed by atoms with Crippen LogP contribution in [0.4, 0.5) is 5.69 Å². The van der Waals surface area contributed by atoms with E-state index in [4.69, 9.17) is 21.1 Å². The van der Waals surface area contributed by atoms with Gasteiger partial charge in [0.05, 0.1) is 31.2 Å². The third-order valence-electron chi connectivity index (χ3n) is 5.82. The summed E-state index contributed by atoms with van der Waals surface area (Å²) >= 11 is 6.20. The van der Waals surface area contributed by atoms with Gasteiger partial charge in [-0.05, 0) is 55.7 Å². The van der Waals surface area contributed by atoms with Gasteiger partial charge < -0.3 is 19.7 Å². The molecule has 0 unspecified atom stereocenters. The number of carbonyl (C=O) groups excluding carboxylic acids is 2. The molecule has 0 aromatic heterocycles. The van der Waals surface area contributed by atoms with Gasteiger partial charge >= 0.3 is 0 Å². The number of carbonyl (C=O) groups is 2. The molecular formula is C26H36ClN3O6S. The molecule has 0 radical (unpaired) electrons. The Morgan fingerprint density at radius 1 is 1.05 bits per heavy atom. The number of anilines is 1. The van der Waals surface area contributed by atoms with Crippen LogP contribution in [0.1, 0.15) is 38.7 Å². The van der Waals surface area contributed by atoms with Crippen molar-refractivity contribution in [3.05, 3.63) is 53.1 Å². The van der Waals surface area contributed by atoms with Crippen molar-refractivity contribution in [3.8, 4) is 11.5 Å². The highest BCUT2D eigenvalue weighted by Gasteiger charge is 2.28. The van der Waals surface area contributed by atoms with Gasteiger partial charge in [0.1, 0.15) is 17.5 Å². The standard InChI is InChI=1S/C26H36ClN3O6S/c1-6-23(26(32)28-7-2)29(18-19-10-13-21(35-3)14-11-19)25(31)9-8-16-30(37(5,33)34)20-12-15-24(36-4)22(27)17-20/h10-15,17,23H,6-9,16,18H2,1-5H3,(H,28,32)/t23-/m0/s1. The number of nitrogens with one attached hydrogen (secondary N) is 1. The number of sulfonamides is 1. The Bertz CT molecular complexity index is 1160. The van der Waals surface area contributed by atoms with E-state index in [9.17, 15) is 18.0 Å². The largest absolute Gasteiger partial charge is 0.497 e. The molecule has 2 rings (SSSR count). The molecule has 0 spiro atoms. The van der Waals surface area contributed by atoms with Crippen LogP contribution in [0.15, 0.2) is 42.5 Å². The van der Waals surface area contributed by atoms with E-state index in [1.54, 1.807) is 36.3 Å². The van der Waals surface area contributed by atoms with Crippen molar-refractivity contribution in [2.75, 3.05) is 37.9 Å². The van der Waals surface area contributed by atoms with Crippen LogP contribution in [0.3, 0.4) is 0 Å². The predicted molar refractivity (Wildman–Crippen MR) is 146 cm³/mol. The van der Waals surface area contributed by atoms with Crippen LogP contribution in [-0.2, 0) is 26.2 Å². The smallest absolute Gasteiger partial charge is 0.242 e. The Morgan fingerprint density at radius 2 is 1.73 bits per heavy atom. The highest BCUT2D eigenvalue weighted by molar-refractivity contribution is 7.92. The first kappa shape index (κ1) is 30.2. The third kappa shape index (κ3) is 8.53. The molecular weight excluding hydrogens is 518 g/mol. The Kier molecular flexibility index (Phi) is 11.5. The third-order valence-corrected chi connectivity index (χ3v) is 7.31. The van der Waals surface area contributed by atoms with Gasteiger partial charge in [-0.3, -0.25) is 13.9 Å². The number of rotatable bonds is 14. The summed E-state index contributed by atoms with van der Waals surface area (Å²) in [6, 6.07) is 11.4. The molecule has 0 aliphatic rings. The predicted octanol–water partition coefficient (Wildman–Crippen LogP) is 3.85. The lowest BCUT2D eigenvalue weighted by molar-refractivity contribution is -0.141. The van der Waals surface area contributed by atoms with Crippen LogP contribution in [0.5, 0.6) is 11.5 Å². The van der Waals surface area contributed by atoms with E-state index in [0.717, 1.165) is 11.8 Å². The van der Waals surface area contributed by atoms with Crippen LogP contribution < -0.4 is 19.1 Å². The molecule has 0 fully saturated rings. The number of methoxy groups -OCH3 is 2. The average molecular weight is 554 g/mol. The van der Waals surface area contributed by atoms with Gasteiger partial charge in [-0.1, -0.05) is 30.7 Å². The van der Waals surface area contributed by atoms with Crippen LogP contribution in [-0.4, -0.2) is 64.7 Å². The Labute approximate surface area is 224 Å². The fraction of sp³-hybridized carbons (Fsp3) is 0.462. The molecule has 37 heavy (non-hydrogen) atoms. The normalized spacial score (nSPS) is 11.9. The van der Waals surface area contributed by atoms with Gasteiger partial charge in [-0.2, -0.15) is 0 Å². The lowest BCUT2D eigenvalue weighted by Gasteiger charge is -2.31. The van der Waals surface area contributed by atoms with Gasteiger partial charge in [0, 0.05) is 26.1 Å². The molecule has 0 aliphatic heterocycles. The summed E-state index contributed by atoms with van der Waals surface area (Å²) in [5.41, 5.74) is 1.23. The van der Waals surface area contributed by atoms with Crippen LogP contribution in [0.2, 0.25) is 5.02 Å². The molecule has 9 nitrogen and oxygen atoms in total. The zero-order valence-corrected chi connectivity index (χ0v) is 23.6. The van der Waals surface area contributed by atoms with Crippen molar-refractivity contribution in [1.82, 2.24) is 10.2 Å². The molecule has 204 valence electrons. The molecule has 0 aliphatic carbocycles. The first-order valence-corrected chi connectivity index (χ1v) is 14.3. The van der Waals surface area contributed by atoms with E-state index in [2.05, 4.69) is 5.32 Å². The Morgan fingerprint density at radius 3 is 2.24 bits per heavy atom. The van der Waals surface area contributed by atoms with Crippen molar-refractivity contribution >= 4 is 39.1 Å². The maximum absolute atomic E-state index is 13.4. The minimum absolute atomic E-state index is 0.0575. The zero-order valence-electron chi connectivity index (χ0n) is 22.0. The SMILES string of the molecule is CCNC(=O)[C@H](CC)N(Cc1ccc(OC)cc1)C(=O)CCCN(c1ccc(OC)c(Cl)c1)S(C)(=O)=O. The zero-order chi connectivity index (χ0) is 27.6. The van der Waals surface area contributed by atoms with Crippen molar-refractivity contribution in [2.45, 2.75) is 45.7 Å². The Balaban J connectivity index is 2.22. The molecule has 2 aromatic carbocycles. The summed E-state index contributed by atoms with van der Waals surface area (Å²) < 4.78 is 36.6. The minimum Gasteiger partial charge on any atom is -0.497 e. The van der Waals surface area contributed by atoms with Crippen LogP contribution in [0.25, 0.3) is 0 Å². The number of amides is 2. The summed E-state index contributed by atoms with van der Waals surface area (Å²) in [6.45, 7) is 4.44. The number of likely N-dealkylation sites (N-methyl/N-ethyl adjacent to an activating group) is 1. The lowest BCUT2D eigenvalue weighted by Crippen LogP contribution is -2.49. The van der Waals surface area contributed by atoms with Gasteiger partial charge in [0.25, 0.3) is 0 Å². The fourth-order valence-electron chi connectivity index (χ4n) is 3.95. The number of hydrogen-bond acceptors (Lipinski definition) is 6. The van der Waals surface area contributed by atoms with Crippen molar-refractivity contribution in [3.63, 3.8) is 0 Å². The minimum atomic E-state index is -3.64. The Hall–Kier alpha value is -2.98. The number of ether oxygens (including phenoxy) is 2. The van der Waals surface area contributed by atoms with Crippen LogP contribution in [0, 0.1) is 0 Å². The molecule has 2 aromatic rings. The number of benzene rings is 2. The van der Waals surface area contributed by atoms with Gasteiger partial charge in [0.2, 0.25) is 21.8 Å². The molecule has 0 saturated heterocycles. The molecule has 0 saturated carbocycles. The molecule has 0 bridgehead atoms. The van der Waals surface area contributed by atoms with E-state index in [0.29, 0.717) is 30.2 Å². The quantitative estimate of drug-likeness (QED) is 0.381. The first-order valence-electron chi connectivity index (χ1n) is 12.1. The van der Waals surface area contributed by atoms with Crippen molar-refractivity contribution < 1.29 is 27.5 Å². The van der Waals surface area contributed by atoms with Gasteiger partial charge in [0.15, 0.2) is 0 Å². The first-order chi connectivity index (χ1) is 17.5. The summed E-state index contributed by atoms with van der Waals surface area (Å²) in [4.78, 5) is 27.7. The maximum atomic E-state index is 13.4. The molecule has 2 amide bonds. The van der Waals surface area contributed by atoms with E-state index in [1.807, 2.05) is 26.0 Å². The molecule has 1 atom stereocenters. The number of halogens is 1. The highest BCUT2D eigenvalue weighted by Crippen LogP contribution is 2.30. The van der Waals surface area contributed by atoms with E-state index >= 15 is 0 Å². The summed E-state index contributed by atoms with van der Waals surface area (Å²) in [5.74, 6) is 0.656. The molecule has 11 heteroatoms. The topological polar surface area (TPSA) is 105 Å². The van der Waals surface area contributed by atoms with Gasteiger partial charge in [-0.25, -0.2) is 8.42 Å². The lowest BCUT2D eigenvalue weighted by atomic mass is 10.1. The van der Waals surface area contributed by atoms with Gasteiger partial charge in [-0.15, -0.1) is 0 Å². The summed E-state index contributed by atoms with van der Waals surface area (Å²) in [5, 5.41) is 3.08. The van der Waals surface area contributed by atoms with E-state index in [-0.39, 0.29) is 42.8 Å². The molecule has 0 heterocycles. The summed E-state index contributed by atoms with van der Waals surface area (Å²) in [7, 11) is -0.585. The van der Waals surface area contributed by atoms with E-state index < -0.39 is 16.1 Å². The monoisotopic (exact) mass is 553 g/mol. The number of nitrogens with zero attached hydrogens (tertiary/aromatic N) is 2. The average Bonchev–Trinajstić information content (AvgIpc) is 2.86. The number of hydrogen-bond donors (Lipinski definition) is 1. The van der Waals surface area contributed by atoms with E-state index in [1.165, 1.54) is 17.5 Å². The maximum Gasteiger partial charge on any atom is 0.242 e.